The van der Waals surface area contributed by atoms with E-state index in [1.54, 1.807) is 6.20 Å². The highest BCUT2D eigenvalue weighted by atomic mass is 16.2. The van der Waals surface area contributed by atoms with Crippen LogP contribution in [0.3, 0.4) is 0 Å². The van der Waals surface area contributed by atoms with Crippen molar-refractivity contribution in [3.8, 4) is 0 Å². The van der Waals surface area contributed by atoms with E-state index in [1.807, 2.05) is 55.1 Å². The zero-order chi connectivity index (χ0) is 15.3. The first-order valence-electron chi connectivity index (χ1n) is 7.15. The number of rotatable bonds is 6. The first kappa shape index (κ1) is 15.3. The number of nitrogens with zero attached hydrogens (tertiary/aromatic N) is 2. The fraction of sp³-hybridized carbons (Fsp3) is 0.375. The van der Waals surface area contributed by atoms with Gasteiger partial charge in [0, 0.05) is 24.6 Å². The molecule has 5 nitrogen and oxygen atoms in total. The monoisotopic (exact) mass is 286 g/mol. The van der Waals surface area contributed by atoms with Crippen LogP contribution in [0.2, 0.25) is 0 Å². The molecule has 5 heteroatoms. The van der Waals surface area contributed by atoms with Gasteiger partial charge in [-0.15, -0.1) is 0 Å². The molecule has 0 aliphatic rings. The summed E-state index contributed by atoms with van der Waals surface area (Å²) in [6.45, 7) is 4.87. The van der Waals surface area contributed by atoms with Crippen molar-refractivity contribution < 1.29 is 4.79 Å². The number of aromatic nitrogens is 2. The highest BCUT2D eigenvalue weighted by Gasteiger charge is 2.29. The number of benzene rings is 1. The van der Waals surface area contributed by atoms with Gasteiger partial charge in [0.15, 0.2) is 0 Å². The van der Waals surface area contributed by atoms with Crippen LogP contribution in [0.4, 0.5) is 5.69 Å². The van der Waals surface area contributed by atoms with E-state index < -0.39 is 5.41 Å². The second-order valence-corrected chi connectivity index (χ2v) is 5.48. The van der Waals surface area contributed by atoms with Crippen LogP contribution in [0.1, 0.15) is 25.8 Å². The van der Waals surface area contributed by atoms with Gasteiger partial charge in [0.2, 0.25) is 5.91 Å². The van der Waals surface area contributed by atoms with Gasteiger partial charge in [0.1, 0.15) is 0 Å². The van der Waals surface area contributed by atoms with Crippen LogP contribution in [0.15, 0.2) is 42.7 Å². The van der Waals surface area contributed by atoms with E-state index in [4.69, 9.17) is 5.73 Å². The highest BCUT2D eigenvalue weighted by Crippen LogP contribution is 2.22. The van der Waals surface area contributed by atoms with Gasteiger partial charge < -0.3 is 11.1 Å². The molecular weight excluding hydrogens is 264 g/mol. The Bertz CT molecular complexity index is 588. The molecule has 0 radical (unpaired) electrons. The molecule has 21 heavy (non-hydrogen) atoms. The Balaban J connectivity index is 2.09. The molecule has 1 amide bonds. The third kappa shape index (κ3) is 3.70. The van der Waals surface area contributed by atoms with Crippen molar-refractivity contribution in [3.63, 3.8) is 0 Å². The van der Waals surface area contributed by atoms with Gasteiger partial charge in [-0.05, 0) is 37.1 Å². The van der Waals surface area contributed by atoms with Crippen LogP contribution in [0.5, 0.6) is 0 Å². The molecule has 1 atom stereocenters. The average molecular weight is 286 g/mol. The largest absolute Gasteiger partial charge is 0.329 e. The molecule has 0 aliphatic heterocycles. The molecular formula is C16H22N4O. The first-order valence-corrected chi connectivity index (χ1v) is 7.15. The summed E-state index contributed by atoms with van der Waals surface area (Å²) in [5.74, 6) is -0.0382. The van der Waals surface area contributed by atoms with Crippen molar-refractivity contribution in [2.75, 3.05) is 11.9 Å². The number of amides is 1. The van der Waals surface area contributed by atoms with Crippen LogP contribution >= 0.6 is 0 Å². The summed E-state index contributed by atoms with van der Waals surface area (Å²) in [7, 11) is 0. The highest BCUT2D eigenvalue weighted by molar-refractivity contribution is 5.95. The third-order valence-electron chi connectivity index (χ3n) is 3.87. The SMILES string of the molecule is CCC(C)(CN)C(=O)Nc1cccc(Cn2cccn2)c1. The summed E-state index contributed by atoms with van der Waals surface area (Å²) < 4.78 is 1.84. The Kier molecular flexibility index (Phi) is 4.75. The van der Waals surface area contributed by atoms with Gasteiger partial charge in [-0.3, -0.25) is 9.48 Å². The Morgan fingerprint density at radius 1 is 1.43 bits per heavy atom. The molecule has 0 bridgehead atoms. The summed E-state index contributed by atoms with van der Waals surface area (Å²) in [5.41, 5.74) is 7.07. The zero-order valence-corrected chi connectivity index (χ0v) is 12.5. The molecule has 0 saturated heterocycles. The molecule has 112 valence electrons. The number of hydrogen-bond donors (Lipinski definition) is 2. The Morgan fingerprint density at radius 3 is 2.86 bits per heavy atom. The van der Waals surface area contributed by atoms with Gasteiger partial charge in [0.25, 0.3) is 0 Å². The first-order chi connectivity index (χ1) is 10.1. The zero-order valence-electron chi connectivity index (χ0n) is 12.5. The molecule has 1 aromatic carbocycles. The predicted octanol–water partition coefficient (Wildman–Crippen LogP) is 2.24. The van der Waals surface area contributed by atoms with E-state index in [0.717, 1.165) is 11.3 Å². The minimum absolute atomic E-state index is 0.0382. The van der Waals surface area contributed by atoms with E-state index >= 15 is 0 Å². The standard InChI is InChI=1S/C16H22N4O/c1-3-16(2,12-17)15(21)19-14-7-4-6-13(10-14)11-20-9-5-8-18-20/h4-10H,3,11-12,17H2,1-2H3,(H,19,21). The van der Waals surface area contributed by atoms with Gasteiger partial charge in [-0.1, -0.05) is 19.1 Å². The minimum Gasteiger partial charge on any atom is -0.329 e. The van der Waals surface area contributed by atoms with Crippen molar-refractivity contribution in [3.05, 3.63) is 48.3 Å². The Labute approximate surface area is 125 Å². The van der Waals surface area contributed by atoms with E-state index in [-0.39, 0.29) is 5.91 Å². The summed E-state index contributed by atoms with van der Waals surface area (Å²) >= 11 is 0. The Morgan fingerprint density at radius 2 is 2.24 bits per heavy atom. The number of carbonyl (C=O) groups excluding carboxylic acids is 1. The molecule has 3 N–H and O–H groups in total. The van der Waals surface area contributed by atoms with Crippen LogP contribution in [-0.4, -0.2) is 22.2 Å². The minimum atomic E-state index is -0.530. The normalized spacial score (nSPS) is 13.7. The number of nitrogens with one attached hydrogen (secondary N) is 1. The maximum atomic E-state index is 12.3. The van der Waals surface area contributed by atoms with Crippen molar-refractivity contribution in [1.82, 2.24) is 9.78 Å². The fourth-order valence-corrected chi connectivity index (χ4v) is 2.01. The van der Waals surface area contributed by atoms with Crippen LogP contribution in [-0.2, 0) is 11.3 Å². The van der Waals surface area contributed by atoms with E-state index in [2.05, 4.69) is 10.4 Å². The van der Waals surface area contributed by atoms with Gasteiger partial charge >= 0.3 is 0 Å². The second kappa shape index (κ2) is 6.54. The molecule has 2 aromatic rings. The second-order valence-electron chi connectivity index (χ2n) is 5.48. The van der Waals surface area contributed by atoms with Gasteiger partial charge in [-0.2, -0.15) is 5.10 Å². The van der Waals surface area contributed by atoms with Gasteiger partial charge in [0.05, 0.1) is 12.0 Å². The third-order valence-corrected chi connectivity index (χ3v) is 3.87. The molecule has 0 fully saturated rings. The Hall–Kier alpha value is -2.14. The molecule has 0 saturated carbocycles. The van der Waals surface area contributed by atoms with E-state index in [1.165, 1.54) is 0 Å². The smallest absolute Gasteiger partial charge is 0.231 e. The van der Waals surface area contributed by atoms with Crippen molar-refractivity contribution in [2.45, 2.75) is 26.8 Å². The van der Waals surface area contributed by atoms with E-state index in [0.29, 0.717) is 19.5 Å². The quantitative estimate of drug-likeness (QED) is 0.855. The fourth-order valence-electron chi connectivity index (χ4n) is 2.01. The van der Waals surface area contributed by atoms with Gasteiger partial charge in [-0.25, -0.2) is 0 Å². The number of anilines is 1. The van der Waals surface area contributed by atoms with Crippen molar-refractivity contribution >= 4 is 11.6 Å². The van der Waals surface area contributed by atoms with Crippen LogP contribution < -0.4 is 11.1 Å². The topological polar surface area (TPSA) is 72.9 Å². The maximum absolute atomic E-state index is 12.3. The van der Waals surface area contributed by atoms with E-state index in [9.17, 15) is 4.79 Å². The van der Waals surface area contributed by atoms with Crippen molar-refractivity contribution in [1.29, 1.82) is 0 Å². The summed E-state index contributed by atoms with van der Waals surface area (Å²) in [4.78, 5) is 12.3. The van der Waals surface area contributed by atoms with Crippen LogP contribution in [0.25, 0.3) is 0 Å². The summed E-state index contributed by atoms with van der Waals surface area (Å²) in [5, 5.41) is 7.14. The average Bonchev–Trinajstić information content (AvgIpc) is 2.99. The molecule has 1 heterocycles. The molecule has 2 rings (SSSR count). The lowest BCUT2D eigenvalue weighted by Gasteiger charge is -2.25. The number of carbonyl (C=O) groups is 1. The molecule has 0 aliphatic carbocycles. The summed E-state index contributed by atoms with van der Waals surface area (Å²) in [6.07, 6.45) is 4.37. The molecule has 1 unspecified atom stereocenters. The molecule has 1 aromatic heterocycles. The summed E-state index contributed by atoms with van der Waals surface area (Å²) in [6, 6.07) is 9.68. The maximum Gasteiger partial charge on any atom is 0.231 e. The number of hydrogen-bond acceptors (Lipinski definition) is 3. The lowest BCUT2D eigenvalue weighted by Crippen LogP contribution is -2.39. The lowest BCUT2D eigenvalue weighted by molar-refractivity contribution is -0.124. The predicted molar refractivity (Wildman–Crippen MR) is 83.9 cm³/mol. The van der Waals surface area contributed by atoms with Crippen LogP contribution in [0, 0.1) is 5.41 Å². The lowest BCUT2D eigenvalue weighted by atomic mass is 9.86. The number of nitrogens with two attached hydrogens (primary N) is 1. The molecule has 0 spiro atoms. The van der Waals surface area contributed by atoms with Crippen molar-refractivity contribution in [2.24, 2.45) is 11.1 Å².